The summed E-state index contributed by atoms with van der Waals surface area (Å²) in [6, 6.07) is 10.0. The standard InChI is InChI=1S/C13H12BrNO2S/c1-2-17-13(16)12-15-10(11(14)18-12)8-9-6-4-3-5-7-9/h3-7H,2,8H2,1H3. The van der Waals surface area contributed by atoms with E-state index in [1.54, 1.807) is 6.92 Å². The normalized spacial score (nSPS) is 10.3. The molecule has 0 aliphatic carbocycles. The monoisotopic (exact) mass is 325 g/mol. The second kappa shape index (κ2) is 6.11. The average molecular weight is 326 g/mol. The van der Waals surface area contributed by atoms with Crippen molar-refractivity contribution in [3.8, 4) is 0 Å². The van der Waals surface area contributed by atoms with E-state index in [2.05, 4.69) is 20.9 Å². The fraction of sp³-hybridized carbons (Fsp3) is 0.231. The van der Waals surface area contributed by atoms with E-state index < -0.39 is 0 Å². The van der Waals surface area contributed by atoms with Crippen LogP contribution >= 0.6 is 27.3 Å². The minimum Gasteiger partial charge on any atom is -0.461 e. The van der Waals surface area contributed by atoms with E-state index in [4.69, 9.17) is 4.74 Å². The van der Waals surface area contributed by atoms with Crippen molar-refractivity contribution >= 4 is 33.2 Å². The van der Waals surface area contributed by atoms with Crippen molar-refractivity contribution < 1.29 is 9.53 Å². The van der Waals surface area contributed by atoms with Crippen molar-refractivity contribution in [2.45, 2.75) is 13.3 Å². The van der Waals surface area contributed by atoms with Crippen LogP contribution in [-0.2, 0) is 11.2 Å². The third kappa shape index (κ3) is 3.17. The molecule has 2 rings (SSSR count). The van der Waals surface area contributed by atoms with Crippen LogP contribution in [0.1, 0.15) is 28.0 Å². The van der Waals surface area contributed by atoms with Crippen molar-refractivity contribution in [3.05, 3.63) is 50.4 Å². The van der Waals surface area contributed by atoms with Gasteiger partial charge < -0.3 is 4.74 Å². The predicted molar refractivity (Wildman–Crippen MR) is 75.0 cm³/mol. The molecule has 0 saturated heterocycles. The van der Waals surface area contributed by atoms with Crippen LogP contribution in [0.3, 0.4) is 0 Å². The first-order valence-electron chi connectivity index (χ1n) is 5.57. The molecule has 1 heterocycles. The topological polar surface area (TPSA) is 39.2 Å². The molecule has 0 bridgehead atoms. The summed E-state index contributed by atoms with van der Waals surface area (Å²) in [5.74, 6) is -0.359. The number of carbonyl (C=O) groups is 1. The fourth-order valence-corrected chi connectivity index (χ4v) is 2.90. The van der Waals surface area contributed by atoms with Crippen LogP contribution < -0.4 is 0 Å². The van der Waals surface area contributed by atoms with E-state index in [1.165, 1.54) is 16.9 Å². The number of ether oxygens (including phenoxy) is 1. The highest BCUT2D eigenvalue weighted by molar-refractivity contribution is 9.11. The summed E-state index contributed by atoms with van der Waals surface area (Å²) >= 11 is 4.75. The van der Waals surface area contributed by atoms with Crippen molar-refractivity contribution in [2.24, 2.45) is 0 Å². The number of hydrogen-bond donors (Lipinski definition) is 0. The van der Waals surface area contributed by atoms with Crippen LogP contribution in [0.2, 0.25) is 0 Å². The zero-order chi connectivity index (χ0) is 13.0. The maximum absolute atomic E-state index is 11.6. The van der Waals surface area contributed by atoms with Crippen LogP contribution in [0.25, 0.3) is 0 Å². The van der Waals surface area contributed by atoms with Gasteiger partial charge in [-0.15, -0.1) is 0 Å². The summed E-state index contributed by atoms with van der Waals surface area (Å²) in [5.41, 5.74) is 2.04. The zero-order valence-electron chi connectivity index (χ0n) is 9.85. The zero-order valence-corrected chi connectivity index (χ0v) is 12.3. The van der Waals surface area contributed by atoms with Gasteiger partial charge in [-0.05, 0) is 28.4 Å². The van der Waals surface area contributed by atoms with Crippen LogP contribution in [-0.4, -0.2) is 17.6 Å². The Morgan fingerprint density at radius 2 is 2.11 bits per heavy atom. The van der Waals surface area contributed by atoms with Gasteiger partial charge in [0.25, 0.3) is 0 Å². The third-order valence-corrected chi connectivity index (χ3v) is 4.12. The molecule has 3 nitrogen and oxygen atoms in total. The van der Waals surface area contributed by atoms with E-state index in [-0.39, 0.29) is 5.97 Å². The molecule has 18 heavy (non-hydrogen) atoms. The van der Waals surface area contributed by atoms with Gasteiger partial charge in [-0.2, -0.15) is 0 Å². The summed E-state index contributed by atoms with van der Waals surface area (Å²) in [6.45, 7) is 2.15. The first-order valence-corrected chi connectivity index (χ1v) is 7.18. The number of hydrogen-bond acceptors (Lipinski definition) is 4. The van der Waals surface area contributed by atoms with E-state index in [9.17, 15) is 4.79 Å². The van der Waals surface area contributed by atoms with Gasteiger partial charge in [-0.3, -0.25) is 0 Å². The van der Waals surface area contributed by atoms with Crippen LogP contribution in [0, 0.1) is 0 Å². The lowest BCUT2D eigenvalue weighted by Crippen LogP contribution is -2.04. The average Bonchev–Trinajstić information content (AvgIpc) is 2.73. The lowest BCUT2D eigenvalue weighted by Gasteiger charge is -1.98. The van der Waals surface area contributed by atoms with Crippen LogP contribution in [0.5, 0.6) is 0 Å². The molecule has 0 aliphatic rings. The minimum atomic E-state index is -0.359. The van der Waals surface area contributed by atoms with E-state index in [1.807, 2.05) is 30.3 Å². The molecule has 0 fully saturated rings. The smallest absolute Gasteiger partial charge is 0.367 e. The summed E-state index contributed by atoms with van der Waals surface area (Å²) < 4.78 is 5.82. The third-order valence-electron chi connectivity index (χ3n) is 2.31. The molecule has 0 N–H and O–H groups in total. The van der Waals surface area contributed by atoms with Crippen molar-refractivity contribution in [2.75, 3.05) is 6.61 Å². The quantitative estimate of drug-likeness (QED) is 0.805. The van der Waals surface area contributed by atoms with Gasteiger partial charge in [0.2, 0.25) is 5.01 Å². The summed E-state index contributed by atoms with van der Waals surface area (Å²) in [4.78, 5) is 15.9. The molecule has 0 spiro atoms. The molecule has 1 aromatic heterocycles. The number of thiazole rings is 1. The molecule has 94 valence electrons. The minimum absolute atomic E-state index is 0.359. The summed E-state index contributed by atoms with van der Waals surface area (Å²) in [7, 11) is 0. The Balaban J connectivity index is 2.17. The number of rotatable bonds is 4. The molecule has 1 aromatic carbocycles. The molecular formula is C13H12BrNO2S. The lowest BCUT2D eigenvalue weighted by atomic mass is 10.1. The molecule has 0 amide bonds. The Morgan fingerprint density at radius 1 is 1.39 bits per heavy atom. The Labute approximate surface area is 118 Å². The SMILES string of the molecule is CCOC(=O)c1nc(Cc2ccccc2)c(Br)s1. The number of aromatic nitrogens is 1. The molecule has 0 unspecified atom stereocenters. The first kappa shape index (κ1) is 13.2. The van der Waals surface area contributed by atoms with E-state index in [0.717, 1.165) is 9.48 Å². The van der Waals surface area contributed by atoms with Crippen LogP contribution in [0.15, 0.2) is 34.1 Å². The van der Waals surface area contributed by atoms with Gasteiger partial charge in [0.15, 0.2) is 0 Å². The number of nitrogens with zero attached hydrogens (tertiary/aromatic N) is 1. The molecule has 0 atom stereocenters. The molecule has 0 saturated carbocycles. The highest BCUT2D eigenvalue weighted by Gasteiger charge is 2.16. The Hall–Kier alpha value is -1.20. The maximum atomic E-state index is 11.6. The fourth-order valence-electron chi connectivity index (χ4n) is 1.51. The molecule has 2 aromatic rings. The Morgan fingerprint density at radius 3 is 2.78 bits per heavy atom. The van der Waals surface area contributed by atoms with Crippen molar-refractivity contribution in [1.29, 1.82) is 0 Å². The van der Waals surface area contributed by atoms with Gasteiger partial charge in [0, 0.05) is 6.42 Å². The van der Waals surface area contributed by atoms with E-state index in [0.29, 0.717) is 18.0 Å². The Bertz CT molecular complexity index is 539. The number of carbonyl (C=O) groups excluding carboxylic acids is 1. The first-order chi connectivity index (χ1) is 8.70. The maximum Gasteiger partial charge on any atom is 0.367 e. The number of esters is 1. The number of benzene rings is 1. The predicted octanol–water partition coefficient (Wildman–Crippen LogP) is 3.67. The van der Waals surface area contributed by atoms with E-state index >= 15 is 0 Å². The second-order valence-corrected chi connectivity index (χ2v) is 5.94. The highest BCUT2D eigenvalue weighted by Crippen LogP contribution is 2.27. The summed E-state index contributed by atoms with van der Waals surface area (Å²) in [5, 5.41) is 0.398. The van der Waals surface area contributed by atoms with Crippen LogP contribution in [0.4, 0.5) is 0 Å². The highest BCUT2D eigenvalue weighted by atomic mass is 79.9. The number of halogens is 1. The second-order valence-electron chi connectivity index (χ2n) is 3.62. The van der Waals surface area contributed by atoms with Gasteiger partial charge >= 0.3 is 5.97 Å². The molecule has 0 radical (unpaired) electrons. The molecular weight excluding hydrogens is 314 g/mol. The van der Waals surface area contributed by atoms with Gasteiger partial charge in [0.1, 0.15) is 0 Å². The van der Waals surface area contributed by atoms with Crippen molar-refractivity contribution in [3.63, 3.8) is 0 Å². The van der Waals surface area contributed by atoms with Gasteiger partial charge in [-0.1, -0.05) is 41.7 Å². The summed E-state index contributed by atoms with van der Waals surface area (Å²) in [6.07, 6.45) is 0.706. The van der Waals surface area contributed by atoms with Crippen molar-refractivity contribution in [1.82, 2.24) is 4.98 Å². The molecule has 5 heteroatoms. The van der Waals surface area contributed by atoms with Gasteiger partial charge in [-0.25, -0.2) is 9.78 Å². The lowest BCUT2D eigenvalue weighted by molar-refractivity contribution is 0.0525. The van der Waals surface area contributed by atoms with Gasteiger partial charge in [0.05, 0.1) is 16.1 Å². The Kier molecular flexibility index (Phi) is 4.49. The molecule has 0 aliphatic heterocycles. The largest absolute Gasteiger partial charge is 0.461 e.